The van der Waals surface area contributed by atoms with E-state index < -0.39 is 0 Å². The standard InChI is InChI=1S/C22H27N5O3S/c1-16-24-21(30-25-16)17-7-8-20(23-13-17)26-9-3-5-18(14-26)22(28)27(10-11-29-2)15-19-6-4-12-31-19/h4,6-8,12-13,18H,3,5,9-11,14-15H2,1-2H3. The van der Waals surface area contributed by atoms with E-state index in [-0.39, 0.29) is 11.8 Å². The highest BCUT2D eigenvalue weighted by molar-refractivity contribution is 7.09. The third-order valence-corrected chi connectivity index (χ3v) is 6.28. The molecule has 1 aliphatic rings. The van der Waals surface area contributed by atoms with Crippen LogP contribution in [0.3, 0.4) is 0 Å². The molecule has 1 amide bonds. The number of pyridine rings is 1. The molecule has 1 unspecified atom stereocenters. The van der Waals surface area contributed by atoms with Crippen LogP contribution in [-0.2, 0) is 16.1 Å². The molecule has 8 nitrogen and oxygen atoms in total. The highest BCUT2D eigenvalue weighted by Crippen LogP contribution is 2.26. The van der Waals surface area contributed by atoms with E-state index in [4.69, 9.17) is 9.26 Å². The summed E-state index contributed by atoms with van der Waals surface area (Å²) in [4.78, 5) is 27.5. The molecule has 1 fully saturated rings. The van der Waals surface area contributed by atoms with Gasteiger partial charge in [-0.2, -0.15) is 4.98 Å². The van der Waals surface area contributed by atoms with E-state index in [1.54, 1.807) is 31.6 Å². The summed E-state index contributed by atoms with van der Waals surface area (Å²) in [7, 11) is 1.67. The minimum absolute atomic E-state index is 0.0503. The van der Waals surface area contributed by atoms with Crippen LogP contribution in [0.2, 0.25) is 0 Å². The second-order valence-corrected chi connectivity index (χ2v) is 8.70. The molecule has 0 radical (unpaired) electrons. The molecule has 3 aromatic heterocycles. The molecule has 0 N–H and O–H groups in total. The number of nitrogens with zero attached hydrogens (tertiary/aromatic N) is 5. The number of aryl methyl sites for hydroxylation is 1. The van der Waals surface area contributed by atoms with Gasteiger partial charge in [0.25, 0.3) is 5.89 Å². The van der Waals surface area contributed by atoms with E-state index >= 15 is 0 Å². The van der Waals surface area contributed by atoms with Crippen LogP contribution in [0.4, 0.5) is 5.82 Å². The second kappa shape index (κ2) is 10.0. The number of hydrogen-bond acceptors (Lipinski definition) is 8. The van der Waals surface area contributed by atoms with Crippen molar-refractivity contribution in [2.75, 3.05) is 38.3 Å². The lowest BCUT2D eigenvalue weighted by Crippen LogP contribution is -2.45. The lowest BCUT2D eigenvalue weighted by Gasteiger charge is -2.35. The summed E-state index contributed by atoms with van der Waals surface area (Å²) in [6, 6.07) is 7.98. The van der Waals surface area contributed by atoms with Crippen LogP contribution in [0.15, 0.2) is 40.4 Å². The number of carbonyl (C=O) groups excluding carboxylic acids is 1. The number of amides is 1. The van der Waals surface area contributed by atoms with Gasteiger partial charge in [-0.15, -0.1) is 11.3 Å². The zero-order valence-corrected chi connectivity index (χ0v) is 18.7. The number of anilines is 1. The van der Waals surface area contributed by atoms with Gasteiger partial charge < -0.3 is 19.1 Å². The maximum Gasteiger partial charge on any atom is 0.259 e. The molecule has 31 heavy (non-hydrogen) atoms. The Morgan fingerprint density at radius 1 is 1.39 bits per heavy atom. The largest absolute Gasteiger partial charge is 0.383 e. The van der Waals surface area contributed by atoms with Crippen LogP contribution in [0.1, 0.15) is 23.5 Å². The zero-order chi connectivity index (χ0) is 21.6. The summed E-state index contributed by atoms with van der Waals surface area (Å²) >= 11 is 1.67. The van der Waals surface area contributed by atoms with Gasteiger partial charge in [0.2, 0.25) is 5.91 Å². The Kier molecular flexibility index (Phi) is 6.93. The van der Waals surface area contributed by atoms with E-state index in [0.29, 0.717) is 38.0 Å². The Hall–Kier alpha value is -2.78. The summed E-state index contributed by atoms with van der Waals surface area (Å²) in [5.74, 6) is 2.06. The summed E-state index contributed by atoms with van der Waals surface area (Å²) in [5.41, 5.74) is 0.788. The average Bonchev–Trinajstić information content (AvgIpc) is 3.48. The predicted molar refractivity (Wildman–Crippen MR) is 119 cm³/mol. The maximum atomic E-state index is 13.3. The molecule has 0 spiro atoms. The third kappa shape index (κ3) is 5.29. The average molecular weight is 442 g/mol. The van der Waals surface area contributed by atoms with Crippen molar-refractivity contribution in [2.45, 2.75) is 26.3 Å². The first-order valence-corrected chi connectivity index (χ1v) is 11.3. The van der Waals surface area contributed by atoms with E-state index in [2.05, 4.69) is 26.1 Å². The summed E-state index contributed by atoms with van der Waals surface area (Å²) in [6.07, 6.45) is 3.60. The smallest absolute Gasteiger partial charge is 0.259 e. The topological polar surface area (TPSA) is 84.6 Å². The molecule has 0 aromatic carbocycles. The van der Waals surface area contributed by atoms with Crippen molar-refractivity contribution in [1.29, 1.82) is 0 Å². The minimum atomic E-state index is -0.0503. The second-order valence-electron chi connectivity index (χ2n) is 7.67. The molecule has 0 saturated carbocycles. The number of ether oxygens (including phenoxy) is 1. The quantitative estimate of drug-likeness (QED) is 0.530. The van der Waals surface area contributed by atoms with Crippen molar-refractivity contribution >= 4 is 23.1 Å². The van der Waals surface area contributed by atoms with Gasteiger partial charge in [-0.25, -0.2) is 4.98 Å². The maximum absolute atomic E-state index is 13.3. The highest BCUT2D eigenvalue weighted by atomic mass is 32.1. The molecule has 4 rings (SSSR count). The Morgan fingerprint density at radius 2 is 2.29 bits per heavy atom. The van der Waals surface area contributed by atoms with E-state index in [1.807, 2.05) is 28.5 Å². The summed E-state index contributed by atoms with van der Waals surface area (Å²) < 4.78 is 10.5. The van der Waals surface area contributed by atoms with Crippen LogP contribution >= 0.6 is 11.3 Å². The fourth-order valence-electron chi connectivity index (χ4n) is 3.82. The van der Waals surface area contributed by atoms with Gasteiger partial charge in [0.1, 0.15) is 5.82 Å². The third-order valence-electron chi connectivity index (χ3n) is 5.42. The minimum Gasteiger partial charge on any atom is -0.383 e. The van der Waals surface area contributed by atoms with Crippen LogP contribution in [0.5, 0.6) is 0 Å². The van der Waals surface area contributed by atoms with E-state index in [9.17, 15) is 4.79 Å². The first kappa shape index (κ1) is 21.5. The van der Waals surface area contributed by atoms with Crippen molar-refractivity contribution in [3.8, 4) is 11.5 Å². The van der Waals surface area contributed by atoms with Crippen molar-refractivity contribution < 1.29 is 14.1 Å². The molecule has 3 aromatic rings. The number of piperidine rings is 1. The summed E-state index contributed by atoms with van der Waals surface area (Å²) in [5, 5.41) is 5.87. The molecule has 9 heteroatoms. The van der Waals surface area contributed by atoms with Gasteiger partial charge in [0, 0.05) is 37.8 Å². The Bertz CT molecular complexity index is 973. The molecule has 1 atom stereocenters. The van der Waals surface area contributed by atoms with Crippen molar-refractivity contribution in [1.82, 2.24) is 20.0 Å². The number of hydrogen-bond donors (Lipinski definition) is 0. The number of aromatic nitrogens is 3. The van der Waals surface area contributed by atoms with Crippen molar-refractivity contribution in [3.63, 3.8) is 0 Å². The zero-order valence-electron chi connectivity index (χ0n) is 17.9. The van der Waals surface area contributed by atoms with Crippen molar-refractivity contribution in [3.05, 3.63) is 46.5 Å². The SMILES string of the molecule is COCCN(Cc1cccs1)C(=O)C1CCCN(c2ccc(-c3nc(C)no3)cn2)C1. The van der Waals surface area contributed by atoms with E-state index in [1.165, 1.54) is 4.88 Å². The Labute approximate surface area is 185 Å². The molecule has 1 saturated heterocycles. The van der Waals surface area contributed by atoms with Crippen LogP contribution in [0, 0.1) is 12.8 Å². The van der Waals surface area contributed by atoms with Gasteiger partial charge in [-0.05, 0) is 43.3 Å². The predicted octanol–water partition coefficient (Wildman–Crippen LogP) is 3.39. The Morgan fingerprint density at radius 3 is 2.97 bits per heavy atom. The molecule has 0 bridgehead atoms. The van der Waals surface area contributed by atoms with Crippen LogP contribution in [-0.4, -0.2) is 59.3 Å². The first-order chi connectivity index (χ1) is 15.1. The molecular weight excluding hydrogens is 414 g/mol. The molecule has 0 aliphatic carbocycles. The van der Waals surface area contributed by atoms with Gasteiger partial charge in [-0.3, -0.25) is 4.79 Å². The highest BCUT2D eigenvalue weighted by Gasteiger charge is 2.30. The number of rotatable bonds is 8. The fourth-order valence-corrected chi connectivity index (χ4v) is 4.54. The molecule has 4 heterocycles. The van der Waals surface area contributed by atoms with Gasteiger partial charge in [0.05, 0.1) is 24.6 Å². The number of thiophene rings is 1. The fraction of sp³-hybridized carbons (Fsp3) is 0.455. The lowest BCUT2D eigenvalue weighted by molar-refractivity contribution is -0.137. The van der Waals surface area contributed by atoms with Crippen LogP contribution < -0.4 is 4.90 Å². The molecular formula is C22H27N5O3S. The van der Waals surface area contributed by atoms with Crippen LogP contribution in [0.25, 0.3) is 11.5 Å². The van der Waals surface area contributed by atoms with Crippen molar-refractivity contribution in [2.24, 2.45) is 5.92 Å². The molecule has 1 aliphatic heterocycles. The first-order valence-electron chi connectivity index (χ1n) is 10.5. The monoisotopic (exact) mass is 441 g/mol. The van der Waals surface area contributed by atoms with Gasteiger partial charge in [0.15, 0.2) is 5.82 Å². The summed E-state index contributed by atoms with van der Waals surface area (Å²) in [6.45, 7) is 5.10. The normalized spacial score (nSPS) is 16.5. The van der Waals surface area contributed by atoms with Gasteiger partial charge >= 0.3 is 0 Å². The van der Waals surface area contributed by atoms with E-state index in [0.717, 1.165) is 30.8 Å². The number of carbonyl (C=O) groups is 1. The number of methoxy groups -OCH3 is 1. The lowest BCUT2D eigenvalue weighted by atomic mass is 9.96. The Balaban J connectivity index is 1.43. The van der Waals surface area contributed by atoms with Gasteiger partial charge in [-0.1, -0.05) is 11.2 Å². The molecule has 164 valence electrons.